The zero-order valence-corrected chi connectivity index (χ0v) is 15.8. The first-order chi connectivity index (χ1) is 13.7. The van der Waals surface area contributed by atoms with Gasteiger partial charge in [0.1, 0.15) is 12.3 Å². The molecular weight excluding hydrogens is 363 g/mol. The van der Waals surface area contributed by atoms with Crippen molar-refractivity contribution in [3.63, 3.8) is 0 Å². The zero-order valence-electron chi connectivity index (χ0n) is 15.8. The summed E-state index contributed by atoms with van der Waals surface area (Å²) < 4.78 is 19.1. The molecule has 150 valence electrons. The number of amides is 1. The van der Waals surface area contributed by atoms with Crippen LogP contribution in [0.2, 0.25) is 0 Å². The smallest absolute Gasteiger partial charge is 0.242 e. The predicted octanol–water partition coefficient (Wildman–Crippen LogP) is 1.26. The summed E-state index contributed by atoms with van der Waals surface area (Å²) in [4.78, 5) is 22.4. The quantitative estimate of drug-likeness (QED) is 0.488. The number of furan rings is 1. The highest BCUT2D eigenvalue weighted by molar-refractivity contribution is 5.85. The number of nitrogens with zero attached hydrogens (tertiary/aromatic N) is 3. The van der Waals surface area contributed by atoms with E-state index in [0.29, 0.717) is 43.7 Å². The zero-order chi connectivity index (χ0) is 19.8. The number of guanidine groups is 1. The molecule has 1 aliphatic heterocycles. The molecule has 3 heterocycles. The topological polar surface area (TPSA) is 94.8 Å². The van der Waals surface area contributed by atoms with Gasteiger partial charge in [-0.15, -0.1) is 0 Å². The Labute approximate surface area is 163 Å². The molecule has 1 amide bonds. The van der Waals surface area contributed by atoms with Crippen molar-refractivity contribution in [3.05, 3.63) is 48.3 Å². The number of anilines is 1. The maximum atomic E-state index is 13.9. The molecule has 3 rings (SSSR count). The Bertz CT molecular complexity index is 795. The minimum Gasteiger partial charge on any atom is -0.467 e. The summed E-state index contributed by atoms with van der Waals surface area (Å²) in [5, 5.41) is 9.20. The number of halogens is 1. The molecule has 0 aliphatic carbocycles. The lowest BCUT2D eigenvalue weighted by Crippen LogP contribution is -2.45. The van der Waals surface area contributed by atoms with Crippen molar-refractivity contribution in [3.8, 4) is 0 Å². The third kappa shape index (κ3) is 5.45. The second kappa shape index (κ2) is 9.72. The van der Waals surface area contributed by atoms with Gasteiger partial charge in [0.05, 0.1) is 12.8 Å². The summed E-state index contributed by atoms with van der Waals surface area (Å²) in [6, 6.07) is 6.65. The number of hydrogen-bond acceptors (Lipinski definition) is 5. The highest BCUT2D eigenvalue weighted by Gasteiger charge is 2.25. The third-order valence-electron chi connectivity index (χ3n) is 4.33. The summed E-state index contributed by atoms with van der Waals surface area (Å²) in [6.45, 7) is 4.28. The minimum atomic E-state index is -0.322. The van der Waals surface area contributed by atoms with E-state index in [1.807, 2.05) is 11.8 Å². The van der Waals surface area contributed by atoms with Gasteiger partial charge in [0.2, 0.25) is 5.91 Å². The van der Waals surface area contributed by atoms with Crippen molar-refractivity contribution in [2.45, 2.75) is 25.9 Å². The van der Waals surface area contributed by atoms with Crippen LogP contribution in [0.3, 0.4) is 0 Å². The number of nitrogens with one attached hydrogen (secondary N) is 3. The van der Waals surface area contributed by atoms with Crippen LogP contribution in [0.1, 0.15) is 19.1 Å². The van der Waals surface area contributed by atoms with Gasteiger partial charge in [-0.2, -0.15) is 0 Å². The average Bonchev–Trinajstić information content (AvgIpc) is 3.37. The van der Waals surface area contributed by atoms with Gasteiger partial charge in [0, 0.05) is 31.9 Å². The van der Waals surface area contributed by atoms with Crippen molar-refractivity contribution in [2.24, 2.45) is 4.99 Å². The number of aromatic nitrogens is 1. The standard InChI is InChI=1S/C19H25FN6O2/c1-2-21-19(24-12-17(27)23-11-15-5-4-10-28-15)25-14-7-9-26(13-14)18-16(20)6-3-8-22-18/h3-6,8,10,14H,2,7,9,11-13H2,1H3,(H,23,27)(H2,21,24,25). The minimum absolute atomic E-state index is 0.00133. The van der Waals surface area contributed by atoms with E-state index in [-0.39, 0.29) is 24.3 Å². The van der Waals surface area contributed by atoms with Crippen molar-refractivity contribution < 1.29 is 13.6 Å². The van der Waals surface area contributed by atoms with Gasteiger partial charge in [0.15, 0.2) is 17.6 Å². The Morgan fingerprint density at radius 3 is 3.04 bits per heavy atom. The molecule has 2 aromatic rings. The fourth-order valence-electron chi connectivity index (χ4n) is 3.00. The molecule has 0 spiro atoms. The monoisotopic (exact) mass is 388 g/mol. The van der Waals surface area contributed by atoms with Crippen LogP contribution in [-0.2, 0) is 11.3 Å². The number of carbonyl (C=O) groups is 1. The van der Waals surface area contributed by atoms with Crippen LogP contribution in [0.15, 0.2) is 46.1 Å². The fourth-order valence-corrected chi connectivity index (χ4v) is 3.00. The maximum absolute atomic E-state index is 13.9. The molecule has 1 fully saturated rings. The summed E-state index contributed by atoms with van der Waals surface area (Å²) in [5.74, 6) is 1.10. The number of pyridine rings is 1. The Kier molecular flexibility index (Phi) is 6.83. The first-order valence-corrected chi connectivity index (χ1v) is 9.35. The van der Waals surface area contributed by atoms with E-state index in [1.165, 1.54) is 6.07 Å². The van der Waals surface area contributed by atoms with Crippen LogP contribution >= 0.6 is 0 Å². The summed E-state index contributed by atoms with van der Waals surface area (Å²) in [6.07, 6.45) is 3.98. The fraction of sp³-hybridized carbons (Fsp3) is 0.421. The van der Waals surface area contributed by atoms with E-state index < -0.39 is 0 Å². The van der Waals surface area contributed by atoms with E-state index >= 15 is 0 Å². The lowest BCUT2D eigenvalue weighted by molar-refractivity contribution is -0.119. The van der Waals surface area contributed by atoms with Gasteiger partial charge < -0.3 is 25.3 Å². The molecule has 1 saturated heterocycles. The lowest BCUT2D eigenvalue weighted by atomic mass is 10.3. The second-order valence-electron chi connectivity index (χ2n) is 6.44. The van der Waals surface area contributed by atoms with Gasteiger partial charge in [-0.25, -0.2) is 14.4 Å². The Balaban J connectivity index is 1.50. The van der Waals surface area contributed by atoms with Crippen LogP contribution in [0.25, 0.3) is 0 Å². The van der Waals surface area contributed by atoms with Crippen LogP contribution in [-0.4, -0.2) is 49.1 Å². The highest BCUT2D eigenvalue weighted by Crippen LogP contribution is 2.20. The number of hydrogen-bond donors (Lipinski definition) is 3. The van der Waals surface area contributed by atoms with Crippen LogP contribution in [0.5, 0.6) is 0 Å². The van der Waals surface area contributed by atoms with E-state index in [1.54, 1.807) is 30.7 Å². The van der Waals surface area contributed by atoms with Crippen molar-refractivity contribution in [1.82, 2.24) is 20.9 Å². The SMILES string of the molecule is CCNC(=NCC(=O)NCc1ccco1)NC1CCN(c2ncccc2F)C1. The van der Waals surface area contributed by atoms with E-state index in [0.717, 1.165) is 6.42 Å². The normalized spacial score (nSPS) is 16.9. The van der Waals surface area contributed by atoms with Crippen molar-refractivity contribution >= 4 is 17.7 Å². The third-order valence-corrected chi connectivity index (χ3v) is 4.33. The highest BCUT2D eigenvalue weighted by atomic mass is 19.1. The van der Waals surface area contributed by atoms with Crippen LogP contribution < -0.4 is 20.9 Å². The molecular formula is C19H25FN6O2. The molecule has 2 aromatic heterocycles. The Morgan fingerprint density at radius 1 is 1.39 bits per heavy atom. The largest absolute Gasteiger partial charge is 0.467 e. The van der Waals surface area contributed by atoms with E-state index in [2.05, 4.69) is 25.9 Å². The van der Waals surface area contributed by atoms with Gasteiger partial charge in [-0.1, -0.05) is 0 Å². The molecule has 0 bridgehead atoms. The van der Waals surface area contributed by atoms with Crippen LogP contribution in [0.4, 0.5) is 10.2 Å². The Morgan fingerprint density at radius 2 is 2.29 bits per heavy atom. The molecule has 0 radical (unpaired) electrons. The van der Waals surface area contributed by atoms with E-state index in [4.69, 9.17) is 4.42 Å². The molecule has 9 heteroatoms. The molecule has 0 saturated carbocycles. The molecule has 28 heavy (non-hydrogen) atoms. The predicted molar refractivity (Wildman–Crippen MR) is 104 cm³/mol. The first-order valence-electron chi connectivity index (χ1n) is 9.35. The molecule has 0 aromatic carbocycles. The second-order valence-corrected chi connectivity index (χ2v) is 6.44. The summed E-state index contributed by atoms with van der Waals surface area (Å²) in [5.41, 5.74) is 0. The lowest BCUT2D eigenvalue weighted by Gasteiger charge is -2.19. The number of carbonyl (C=O) groups excluding carboxylic acids is 1. The number of rotatable bonds is 7. The van der Waals surface area contributed by atoms with Gasteiger partial charge in [0.25, 0.3) is 0 Å². The first kappa shape index (κ1) is 19.7. The molecule has 8 nitrogen and oxygen atoms in total. The molecule has 1 unspecified atom stereocenters. The molecule has 1 aliphatic rings. The van der Waals surface area contributed by atoms with Gasteiger partial charge in [-0.3, -0.25) is 4.79 Å². The van der Waals surface area contributed by atoms with Crippen molar-refractivity contribution in [2.75, 3.05) is 31.1 Å². The Hall–Kier alpha value is -3.10. The van der Waals surface area contributed by atoms with Gasteiger partial charge in [-0.05, 0) is 37.6 Å². The molecule has 1 atom stereocenters. The van der Waals surface area contributed by atoms with Gasteiger partial charge >= 0.3 is 0 Å². The van der Waals surface area contributed by atoms with Crippen LogP contribution in [0, 0.1) is 5.82 Å². The average molecular weight is 388 g/mol. The number of aliphatic imine (C=N–C) groups is 1. The van der Waals surface area contributed by atoms with E-state index in [9.17, 15) is 9.18 Å². The van der Waals surface area contributed by atoms with Crippen molar-refractivity contribution in [1.29, 1.82) is 0 Å². The summed E-state index contributed by atoms with van der Waals surface area (Å²) >= 11 is 0. The molecule has 3 N–H and O–H groups in total. The summed E-state index contributed by atoms with van der Waals surface area (Å²) in [7, 11) is 0. The maximum Gasteiger partial charge on any atom is 0.242 e.